The first-order valence-electron chi connectivity index (χ1n) is 9.19. The van der Waals surface area contributed by atoms with E-state index in [0.717, 1.165) is 44.0 Å². The Bertz CT molecular complexity index is 843. The first-order valence-corrected chi connectivity index (χ1v) is 9.19. The van der Waals surface area contributed by atoms with Gasteiger partial charge in [-0.15, -0.1) is 37.1 Å². The summed E-state index contributed by atoms with van der Waals surface area (Å²) in [4.78, 5) is 6.55. The number of aliphatic imine (C=N–C) groups is 1. The van der Waals surface area contributed by atoms with Crippen molar-refractivity contribution >= 4 is 35.6 Å². The molecule has 2 aromatic carbocycles. The Kier molecular flexibility index (Phi) is 9.18. The maximum absolute atomic E-state index is 12.5. The van der Waals surface area contributed by atoms with Crippen LogP contribution in [0.25, 0.3) is 0 Å². The van der Waals surface area contributed by atoms with Gasteiger partial charge in [0, 0.05) is 19.6 Å². The number of para-hydroxylation sites is 2. The van der Waals surface area contributed by atoms with Gasteiger partial charge < -0.3 is 20.5 Å². The Morgan fingerprint density at radius 2 is 1.80 bits per heavy atom. The minimum Gasteiger partial charge on any atom is -0.404 e. The lowest BCUT2D eigenvalue weighted by atomic mass is 10.1. The lowest BCUT2D eigenvalue weighted by molar-refractivity contribution is -0.274. The van der Waals surface area contributed by atoms with Gasteiger partial charge in [0.2, 0.25) is 0 Å². The molecule has 10 heteroatoms. The summed E-state index contributed by atoms with van der Waals surface area (Å²) in [7, 11) is 0. The van der Waals surface area contributed by atoms with Crippen LogP contribution in [-0.4, -0.2) is 43.5 Å². The van der Waals surface area contributed by atoms with Crippen molar-refractivity contribution in [1.29, 1.82) is 0 Å². The fraction of sp³-hybridized carbons (Fsp3) is 0.350. The smallest absolute Gasteiger partial charge is 0.404 e. The Morgan fingerprint density at radius 3 is 2.53 bits per heavy atom. The minimum absolute atomic E-state index is 0. The Balaban J connectivity index is 0.00000320. The van der Waals surface area contributed by atoms with Gasteiger partial charge in [-0.2, -0.15) is 0 Å². The van der Waals surface area contributed by atoms with Gasteiger partial charge in [-0.05, 0) is 23.3 Å². The predicted molar refractivity (Wildman–Crippen MR) is 120 cm³/mol. The highest BCUT2D eigenvalue weighted by Gasteiger charge is 2.32. The van der Waals surface area contributed by atoms with Crippen molar-refractivity contribution in [1.82, 2.24) is 4.90 Å². The molecule has 3 N–H and O–H groups in total. The van der Waals surface area contributed by atoms with Crippen molar-refractivity contribution in [3.63, 3.8) is 0 Å². The zero-order chi connectivity index (χ0) is 20.7. The van der Waals surface area contributed by atoms with E-state index in [1.54, 1.807) is 6.07 Å². The molecule has 6 nitrogen and oxygen atoms in total. The maximum Gasteiger partial charge on any atom is 0.573 e. The van der Waals surface area contributed by atoms with Gasteiger partial charge in [0.15, 0.2) is 11.7 Å². The summed E-state index contributed by atoms with van der Waals surface area (Å²) in [5.41, 5.74) is 8.06. The number of rotatable bonds is 6. The second kappa shape index (κ2) is 11.4. The zero-order valence-corrected chi connectivity index (χ0v) is 18.5. The van der Waals surface area contributed by atoms with Crippen LogP contribution in [0.2, 0.25) is 0 Å². The second-order valence-electron chi connectivity index (χ2n) is 6.58. The van der Waals surface area contributed by atoms with Crippen LogP contribution >= 0.6 is 24.0 Å². The van der Waals surface area contributed by atoms with Crippen molar-refractivity contribution in [3.05, 3.63) is 59.7 Å². The van der Waals surface area contributed by atoms with E-state index in [4.69, 9.17) is 10.5 Å². The van der Waals surface area contributed by atoms with E-state index in [9.17, 15) is 13.2 Å². The van der Waals surface area contributed by atoms with Crippen LogP contribution in [0.4, 0.5) is 18.9 Å². The van der Waals surface area contributed by atoms with Crippen LogP contribution in [0.1, 0.15) is 11.1 Å². The molecule has 0 unspecified atom stereocenters. The van der Waals surface area contributed by atoms with Crippen molar-refractivity contribution in [2.75, 3.05) is 31.6 Å². The van der Waals surface area contributed by atoms with E-state index >= 15 is 0 Å². The van der Waals surface area contributed by atoms with Gasteiger partial charge in [0.25, 0.3) is 0 Å². The SMILES string of the molecule is I.NC(=NCc1cccc(CN2CCOCC2)c1)Nc1ccccc1OC(F)(F)F. The number of guanidine groups is 1. The molecule has 1 heterocycles. The van der Waals surface area contributed by atoms with Crippen molar-refractivity contribution < 1.29 is 22.6 Å². The quantitative estimate of drug-likeness (QED) is 0.333. The molecule has 1 fully saturated rings. The van der Waals surface area contributed by atoms with E-state index < -0.39 is 6.36 Å². The number of nitrogens with zero attached hydrogens (tertiary/aromatic N) is 2. The molecule has 0 atom stereocenters. The highest BCUT2D eigenvalue weighted by molar-refractivity contribution is 14.0. The number of alkyl halides is 3. The van der Waals surface area contributed by atoms with Crippen molar-refractivity contribution in [3.8, 4) is 5.75 Å². The third-order valence-electron chi connectivity index (χ3n) is 4.31. The number of halogens is 4. The molecule has 0 saturated carbocycles. The summed E-state index contributed by atoms with van der Waals surface area (Å²) in [6.45, 7) is 4.42. The minimum atomic E-state index is -4.79. The van der Waals surface area contributed by atoms with Gasteiger partial charge in [-0.3, -0.25) is 4.90 Å². The van der Waals surface area contributed by atoms with Crippen LogP contribution < -0.4 is 15.8 Å². The number of benzene rings is 2. The summed E-state index contributed by atoms with van der Waals surface area (Å²) in [5, 5.41) is 2.66. The van der Waals surface area contributed by atoms with Gasteiger partial charge in [-0.25, -0.2) is 4.99 Å². The average molecular weight is 536 g/mol. The molecule has 0 amide bonds. The van der Waals surface area contributed by atoms with Gasteiger partial charge in [0.1, 0.15) is 0 Å². The Morgan fingerprint density at radius 1 is 1.10 bits per heavy atom. The van der Waals surface area contributed by atoms with E-state index in [1.807, 2.05) is 18.2 Å². The van der Waals surface area contributed by atoms with Crippen LogP contribution in [0.3, 0.4) is 0 Å². The molecule has 1 aliphatic rings. The fourth-order valence-electron chi connectivity index (χ4n) is 2.98. The maximum atomic E-state index is 12.5. The molecule has 0 bridgehead atoms. The number of hydrogen-bond acceptors (Lipinski definition) is 4. The molecular formula is C20H24F3IN4O2. The topological polar surface area (TPSA) is 72.1 Å². The van der Waals surface area contributed by atoms with Crippen LogP contribution in [-0.2, 0) is 17.8 Å². The number of ether oxygens (including phenoxy) is 2. The molecule has 2 aromatic rings. The highest BCUT2D eigenvalue weighted by atomic mass is 127. The van der Waals surface area contributed by atoms with E-state index in [0.29, 0.717) is 6.54 Å². The van der Waals surface area contributed by atoms with Gasteiger partial charge in [0.05, 0.1) is 25.4 Å². The number of morpholine rings is 1. The second-order valence-corrected chi connectivity index (χ2v) is 6.58. The van der Waals surface area contributed by atoms with Crippen LogP contribution in [0.15, 0.2) is 53.5 Å². The standard InChI is InChI=1S/C20H23F3N4O2.HI/c21-20(22,23)29-18-7-2-1-6-17(18)26-19(24)25-13-15-4-3-5-16(12-15)14-27-8-10-28-11-9-27;/h1-7,12H,8-11,13-14H2,(H3,24,25,26);1H. The predicted octanol–water partition coefficient (Wildman–Crippen LogP) is 3.96. The number of nitrogens with one attached hydrogen (secondary N) is 1. The van der Waals surface area contributed by atoms with Crippen LogP contribution in [0, 0.1) is 0 Å². The molecule has 0 radical (unpaired) electrons. The molecule has 30 heavy (non-hydrogen) atoms. The summed E-state index contributed by atoms with van der Waals surface area (Å²) >= 11 is 0. The first-order chi connectivity index (χ1) is 13.9. The molecule has 1 saturated heterocycles. The molecule has 0 spiro atoms. The summed E-state index contributed by atoms with van der Waals surface area (Å²) < 4.78 is 46.9. The Labute approximate surface area is 190 Å². The first kappa shape index (κ1) is 24.2. The number of nitrogens with two attached hydrogens (primary N) is 1. The summed E-state index contributed by atoms with van der Waals surface area (Å²) in [6.07, 6.45) is -4.79. The third-order valence-corrected chi connectivity index (χ3v) is 4.31. The van der Waals surface area contributed by atoms with E-state index in [1.165, 1.54) is 18.2 Å². The largest absolute Gasteiger partial charge is 0.573 e. The molecule has 1 aliphatic heterocycles. The average Bonchev–Trinajstić information content (AvgIpc) is 2.68. The molecular weight excluding hydrogens is 512 g/mol. The van der Waals surface area contributed by atoms with Gasteiger partial charge in [-0.1, -0.05) is 36.4 Å². The molecule has 164 valence electrons. The van der Waals surface area contributed by atoms with Crippen LogP contribution in [0.5, 0.6) is 5.75 Å². The van der Waals surface area contributed by atoms with E-state index in [2.05, 4.69) is 26.0 Å². The molecule has 3 rings (SSSR count). The van der Waals surface area contributed by atoms with Crippen molar-refractivity contribution in [2.45, 2.75) is 19.5 Å². The fourth-order valence-corrected chi connectivity index (χ4v) is 2.98. The normalized spacial score (nSPS) is 15.4. The Hall–Kier alpha value is -2.05. The van der Waals surface area contributed by atoms with Gasteiger partial charge >= 0.3 is 6.36 Å². The third kappa shape index (κ3) is 8.00. The summed E-state index contributed by atoms with van der Waals surface area (Å²) in [6, 6.07) is 13.6. The summed E-state index contributed by atoms with van der Waals surface area (Å²) in [5.74, 6) is -0.368. The highest BCUT2D eigenvalue weighted by Crippen LogP contribution is 2.29. The zero-order valence-electron chi connectivity index (χ0n) is 16.2. The lowest BCUT2D eigenvalue weighted by Crippen LogP contribution is -2.35. The lowest BCUT2D eigenvalue weighted by Gasteiger charge is -2.26. The molecule has 0 aliphatic carbocycles. The van der Waals surface area contributed by atoms with Crippen molar-refractivity contribution in [2.24, 2.45) is 10.7 Å². The number of anilines is 1. The number of hydrogen-bond donors (Lipinski definition) is 2. The molecule has 0 aromatic heterocycles. The monoisotopic (exact) mass is 536 g/mol. The van der Waals surface area contributed by atoms with E-state index in [-0.39, 0.29) is 41.4 Å².